The lowest BCUT2D eigenvalue weighted by molar-refractivity contribution is 0.676. The van der Waals surface area contributed by atoms with E-state index in [4.69, 9.17) is 0 Å². The van der Waals surface area contributed by atoms with E-state index in [2.05, 4.69) is 51.4 Å². The van der Waals surface area contributed by atoms with Gasteiger partial charge in [-0.15, -0.1) is 0 Å². The van der Waals surface area contributed by atoms with Gasteiger partial charge in [-0.05, 0) is 36.8 Å². The summed E-state index contributed by atoms with van der Waals surface area (Å²) in [6.07, 6.45) is 4.27. The third kappa shape index (κ3) is 3.71. The first kappa shape index (κ1) is 16.9. The number of hydrogen-bond donors (Lipinski definition) is 0. The molecule has 2 nitrogen and oxygen atoms in total. The molecule has 0 amide bonds. The van der Waals surface area contributed by atoms with Gasteiger partial charge in [0.2, 0.25) is 0 Å². The van der Waals surface area contributed by atoms with E-state index < -0.39 is 16.1 Å². The monoisotopic (exact) mass is 302 g/mol. The molecule has 0 unspecified atom stereocenters. The molecule has 0 spiro atoms. The van der Waals surface area contributed by atoms with Crippen LogP contribution in [0.15, 0.2) is 21.5 Å². The van der Waals surface area contributed by atoms with Gasteiger partial charge in [0.25, 0.3) is 0 Å². The molecule has 0 N–H and O–H groups in total. The van der Waals surface area contributed by atoms with Crippen molar-refractivity contribution >= 4 is 16.1 Å². The first-order valence-electron chi connectivity index (χ1n) is 7.40. The summed E-state index contributed by atoms with van der Waals surface area (Å²) in [5.74, 6) is 0. The Morgan fingerprint density at radius 3 is 1.25 bits per heavy atom. The molecule has 0 saturated heterocycles. The third-order valence-electron chi connectivity index (χ3n) is 3.79. The van der Waals surface area contributed by atoms with Gasteiger partial charge in [-0.25, -0.2) is 0 Å². The summed E-state index contributed by atoms with van der Waals surface area (Å²) in [5.41, 5.74) is 2.47. The van der Waals surface area contributed by atoms with Crippen molar-refractivity contribution in [2.24, 2.45) is 0 Å². The fraction of sp³-hybridized carbons (Fsp3) is 0.625. The van der Waals surface area contributed by atoms with Gasteiger partial charge in [0.1, 0.15) is 0 Å². The number of hydrogen-bond acceptors (Lipinski definition) is 2. The molecule has 4 heteroatoms. The Morgan fingerprint density at radius 1 is 0.750 bits per heavy atom. The van der Waals surface area contributed by atoms with Crippen LogP contribution < -0.4 is 0 Å². The van der Waals surface area contributed by atoms with Gasteiger partial charge in [-0.2, -0.15) is 10.5 Å². The first-order valence-corrected chi connectivity index (χ1v) is 14.4. The van der Waals surface area contributed by atoms with E-state index in [9.17, 15) is 10.5 Å². The zero-order valence-electron chi connectivity index (χ0n) is 13.7. The minimum absolute atomic E-state index is 0.984. The van der Waals surface area contributed by atoms with E-state index in [0.717, 1.165) is 36.1 Å². The predicted octanol–water partition coefficient (Wildman–Crippen LogP) is 4.96. The quantitative estimate of drug-likeness (QED) is 0.535. The van der Waals surface area contributed by atoms with E-state index in [1.807, 2.05) is 0 Å². The van der Waals surface area contributed by atoms with Gasteiger partial charge in [-0.1, -0.05) is 39.3 Å². The van der Waals surface area contributed by atoms with Crippen LogP contribution in [0.5, 0.6) is 0 Å². The van der Waals surface area contributed by atoms with Crippen LogP contribution in [0, 0.1) is 22.7 Å². The maximum absolute atomic E-state index is 9.62. The standard InChI is InChI=1S/C16H26N2Si2/c1-19(2,3)15(11-17)13-9-7-8-10-14(13)16(12-18)20(4,5)6/h7-10H2,1-6H3/b15-13-,16-14-. The zero-order chi connectivity index (χ0) is 15.6. The van der Waals surface area contributed by atoms with Crippen LogP contribution >= 0.6 is 0 Å². The highest BCUT2D eigenvalue weighted by atomic mass is 28.3. The van der Waals surface area contributed by atoms with Gasteiger partial charge >= 0.3 is 0 Å². The SMILES string of the molecule is C[Si](C)(C)/C(C#N)=C1/CCCC/C1=C(\C#N)[Si](C)(C)C. The predicted molar refractivity (Wildman–Crippen MR) is 90.4 cm³/mol. The second kappa shape index (κ2) is 6.12. The van der Waals surface area contributed by atoms with Crippen molar-refractivity contribution in [1.82, 2.24) is 0 Å². The van der Waals surface area contributed by atoms with E-state index >= 15 is 0 Å². The number of nitrogens with zero attached hydrogens (tertiary/aromatic N) is 2. The largest absolute Gasteiger partial charge is 0.193 e. The van der Waals surface area contributed by atoms with Crippen LogP contribution in [-0.2, 0) is 0 Å². The maximum atomic E-state index is 9.62. The van der Waals surface area contributed by atoms with Crippen LogP contribution in [0.1, 0.15) is 25.7 Å². The molecule has 1 rings (SSSR count). The molecule has 0 heterocycles. The van der Waals surface area contributed by atoms with Crippen LogP contribution in [0.4, 0.5) is 0 Å². The van der Waals surface area contributed by atoms with Crippen molar-refractivity contribution in [3.05, 3.63) is 21.5 Å². The third-order valence-corrected chi connectivity index (χ3v) is 7.62. The second-order valence-corrected chi connectivity index (χ2v) is 17.6. The Hall–Kier alpha value is -1.11. The minimum atomic E-state index is -1.64. The highest BCUT2D eigenvalue weighted by Crippen LogP contribution is 2.37. The molecule has 0 bridgehead atoms. The summed E-state index contributed by atoms with van der Waals surface area (Å²) in [6, 6.07) is 4.97. The molecular formula is C16H26N2Si2. The summed E-state index contributed by atoms with van der Waals surface area (Å²) in [6.45, 7) is 13.4. The molecule has 1 saturated carbocycles. The molecule has 20 heavy (non-hydrogen) atoms. The molecule has 0 aromatic heterocycles. The summed E-state index contributed by atoms with van der Waals surface area (Å²) >= 11 is 0. The van der Waals surface area contributed by atoms with E-state index in [1.165, 1.54) is 11.1 Å². The van der Waals surface area contributed by atoms with Crippen molar-refractivity contribution in [3.8, 4) is 12.1 Å². The fourth-order valence-corrected chi connectivity index (χ4v) is 5.87. The normalized spacial score (nSPS) is 21.8. The van der Waals surface area contributed by atoms with Gasteiger partial charge in [0, 0.05) is 10.4 Å². The summed E-state index contributed by atoms with van der Waals surface area (Å²) in [7, 11) is -3.29. The number of nitriles is 2. The van der Waals surface area contributed by atoms with Crippen molar-refractivity contribution in [2.45, 2.75) is 65.0 Å². The van der Waals surface area contributed by atoms with E-state index in [-0.39, 0.29) is 0 Å². The average molecular weight is 303 g/mol. The average Bonchev–Trinajstić information content (AvgIpc) is 2.29. The zero-order valence-corrected chi connectivity index (χ0v) is 15.7. The molecule has 0 aromatic carbocycles. The molecular weight excluding hydrogens is 276 g/mol. The second-order valence-electron chi connectivity index (χ2n) is 7.64. The summed E-state index contributed by atoms with van der Waals surface area (Å²) in [4.78, 5) is 0. The smallest absolute Gasteiger partial charge is 0.0915 e. The molecule has 1 aliphatic carbocycles. The van der Waals surface area contributed by atoms with Gasteiger partial charge < -0.3 is 0 Å². The topological polar surface area (TPSA) is 47.6 Å². The van der Waals surface area contributed by atoms with Crippen molar-refractivity contribution in [1.29, 1.82) is 10.5 Å². The first-order chi connectivity index (χ1) is 9.12. The molecule has 0 atom stereocenters. The molecule has 108 valence electrons. The Morgan fingerprint density at radius 2 is 1.05 bits per heavy atom. The fourth-order valence-electron chi connectivity index (χ4n) is 2.83. The lowest BCUT2D eigenvalue weighted by Crippen LogP contribution is -2.29. The Balaban J connectivity index is 3.60. The van der Waals surface area contributed by atoms with E-state index in [0.29, 0.717) is 0 Å². The summed E-state index contributed by atoms with van der Waals surface area (Å²) in [5, 5.41) is 21.3. The maximum Gasteiger partial charge on any atom is 0.0915 e. The Labute approximate surface area is 125 Å². The Kier molecular flexibility index (Phi) is 5.18. The lowest BCUT2D eigenvalue weighted by atomic mass is 9.89. The van der Waals surface area contributed by atoms with Gasteiger partial charge in [-0.3, -0.25) is 0 Å². The number of rotatable bonds is 2. The highest BCUT2D eigenvalue weighted by molar-refractivity contribution is 6.85. The molecule has 1 fully saturated rings. The molecule has 0 aliphatic heterocycles. The van der Waals surface area contributed by atoms with Crippen LogP contribution in [-0.4, -0.2) is 16.1 Å². The van der Waals surface area contributed by atoms with Crippen LogP contribution in [0.3, 0.4) is 0 Å². The molecule has 1 aliphatic rings. The van der Waals surface area contributed by atoms with Crippen molar-refractivity contribution in [2.75, 3.05) is 0 Å². The highest BCUT2D eigenvalue weighted by Gasteiger charge is 2.31. The van der Waals surface area contributed by atoms with Gasteiger partial charge in [0.05, 0.1) is 28.3 Å². The van der Waals surface area contributed by atoms with Crippen LogP contribution in [0.2, 0.25) is 39.3 Å². The van der Waals surface area contributed by atoms with Gasteiger partial charge in [0.15, 0.2) is 0 Å². The van der Waals surface area contributed by atoms with E-state index in [1.54, 1.807) is 0 Å². The summed E-state index contributed by atoms with van der Waals surface area (Å²) < 4.78 is 0. The molecule has 0 aromatic rings. The Bertz CT molecular complexity index is 479. The van der Waals surface area contributed by atoms with Crippen LogP contribution in [0.25, 0.3) is 0 Å². The van der Waals surface area contributed by atoms with Crippen molar-refractivity contribution < 1.29 is 0 Å². The number of allylic oxidation sites excluding steroid dienone is 4. The minimum Gasteiger partial charge on any atom is -0.193 e. The van der Waals surface area contributed by atoms with Crippen molar-refractivity contribution in [3.63, 3.8) is 0 Å². The molecule has 0 radical (unpaired) electrons. The lowest BCUT2D eigenvalue weighted by Gasteiger charge is -2.29.